The molecule has 0 aromatic heterocycles. The highest BCUT2D eigenvalue weighted by atomic mass is 127. The van der Waals surface area contributed by atoms with E-state index < -0.39 is 18.0 Å². The van der Waals surface area contributed by atoms with Crippen LogP contribution in [0.3, 0.4) is 0 Å². The first-order valence-electron chi connectivity index (χ1n) is 5.59. The molecular formula is C12H15IN2O3. The molecule has 0 bridgehead atoms. The lowest BCUT2D eigenvalue weighted by Gasteiger charge is -2.14. The molecule has 1 aromatic rings. The van der Waals surface area contributed by atoms with Crippen molar-refractivity contribution in [1.29, 1.82) is 0 Å². The van der Waals surface area contributed by atoms with Crippen LogP contribution in [-0.4, -0.2) is 23.1 Å². The molecule has 0 saturated heterocycles. The number of amides is 2. The number of halogens is 1. The molecule has 0 spiro atoms. The van der Waals surface area contributed by atoms with E-state index in [1.807, 2.05) is 19.1 Å². The van der Waals surface area contributed by atoms with Gasteiger partial charge in [0.05, 0.1) is 5.69 Å². The van der Waals surface area contributed by atoms with Gasteiger partial charge in [0, 0.05) is 3.57 Å². The second-order valence-corrected chi connectivity index (χ2v) is 4.92. The van der Waals surface area contributed by atoms with Crippen molar-refractivity contribution < 1.29 is 14.7 Å². The van der Waals surface area contributed by atoms with E-state index in [1.165, 1.54) is 0 Å². The van der Waals surface area contributed by atoms with Crippen LogP contribution in [0, 0.1) is 3.57 Å². The Bertz CT molecular complexity index is 437. The average molecular weight is 362 g/mol. The zero-order valence-corrected chi connectivity index (χ0v) is 12.1. The van der Waals surface area contributed by atoms with Crippen molar-refractivity contribution in [2.24, 2.45) is 0 Å². The number of para-hydroxylation sites is 1. The van der Waals surface area contributed by atoms with E-state index in [1.54, 1.807) is 12.1 Å². The summed E-state index contributed by atoms with van der Waals surface area (Å²) in [4.78, 5) is 22.6. The first-order valence-corrected chi connectivity index (χ1v) is 6.67. The van der Waals surface area contributed by atoms with Gasteiger partial charge >= 0.3 is 12.0 Å². The number of carboxylic acid groups (broad SMARTS) is 1. The molecular weight excluding hydrogens is 347 g/mol. The molecule has 18 heavy (non-hydrogen) atoms. The van der Waals surface area contributed by atoms with Crippen LogP contribution in [0.5, 0.6) is 0 Å². The number of nitrogens with one attached hydrogen (secondary N) is 2. The second-order valence-electron chi connectivity index (χ2n) is 3.76. The summed E-state index contributed by atoms with van der Waals surface area (Å²) in [5, 5.41) is 14.0. The van der Waals surface area contributed by atoms with Crippen molar-refractivity contribution in [3.63, 3.8) is 0 Å². The molecule has 0 radical (unpaired) electrons. The Morgan fingerprint density at radius 1 is 1.39 bits per heavy atom. The first kappa shape index (κ1) is 14.7. The molecule has 98 valence electrons. The Kier molecular flexibility index (Phi) is 5.90. The van der Waals surface area contributed by atoms with E-state index in [4.69, 9.17) is 5.11 Å². The molecule has 1 atom stereocenters. The van der Waals surface area contributed by atoms with Crippen LogP contribution in [0.15, 0.2) is 24.3 Å². The fourth-order valence-corrected chi connectivity index (χ4v) is 1.95. The minimum atomic E-state index is -1.02. The standard InChI is InChI=1S/C12H15IN2O3/c1-2-5-10(11(16)17)15-12(18)14-9-7-4-3-6-8(9)13/h3-4,6-7,10H,2,5H2,1H3,(H,16,17)(H2,14,15,18). The maximum atomic E-state index is 11.7. The van der Waals surface area contributed by atoms with Gasteiger partial charge in [-0.3, -0.25) is 0 Å². The summed E-state index contributed by atoms with van der Waals surface area (Å²) in [6.07, 6.45) is 1.11. The fraction of sp³-hybridized carbons (Fsp3) is 0.333. The molecule has 0 aliphatic rings. The van der Waals surface area contributed by atoms with Gasteiger partial charge in [-0.1, -0.05) is 25.5 Å². The number of rotatable bonds is 5. The molecule has 5 nitrogen and oxygen atoms in total. The van der Waals surface area contributed by atoms with Gasteiger partial charge in [-0.15, -0.1) is 0 Å². The van der Waals surface area contributed by atoms with Crippen molar-refractivity contribution in [3.8, 4) is 0 Å². The molecule has 0 aliphatic heterocycles. The predicted octanol–water partition coefficient (Wildman–Crippen LogP) is 2.67. The van der Waals surface area contributed by atoms with Gasteiger partial charge in [0.15, 0.2) is 0 Å². The third kappa shape index (κ3) is 4.52. The SMILES string of the molecule is CCCC(NC(=O)Nc1ccccc1I)C(=O)O. The summed E-state index contributed by atoms with van der Waals surface area (Å²) in [7, 11) is 0. The highest BCUT2D eigenvalue weighted by Crippen LogP contribution is 2.16. The van der Waals surface area contributed by atoms with Gasteiger partial charge in [-0.2, -0.15) is 0 Å². The summed E-state index contributed by atoms with van der Waals surface area (Å²) in [5.41, 5.74) is 0.663. The Labute approximate surface area is 119 Å². The monoisotopic (exact) mass is 362 g/mol. The van der Waals surface area contributed by atoms with E-state index in [-0.39, 0.29) is 0 Å². The molecule has 0 saturated carbocycles. The fourth-order valence-electron chi connectivity index (χ4n) is 1.43. The smallest absolute Gasteiger partial charge is 0.326 e. The number of aliphatic carboxylic acids is 1. The van der Waals surface area contributed by atoms with Crippen molar-refractivity contribution >= 4 is 40.3 Å². The lowest BCUT2D eigenvalue weighted by molar-refractivity contribution is -0.139. The summed E-state index contributed by atoms with van der Waals surface area (Å²) < 4.78 is 0.896. The van der Waals surface area contributed by atoms with Crippen molar-refractivity contribution in [1.82, 2.24) is 5.32 Å². The van der Waals surface area contributed by atoms with Gasteiger partial charge in [0.25, 0.3) is 0 Å². The highest BCUT2D eigenvalue weighted by molar-refractivity contribution is 14.1. The molecule has 1 rings (SSSR count). The van der Waals surface area contributed by atoms with Crippen LogP contribution in [0.2, 0.25) is 0 Å². The van der Waals surface area contributed by atoms with Crippen molar-refractivity contribution in [2.45, 2.75) is 25.8 Å². The van der Waals surface area contributed by atoms with Gasteiger partial charge in [0.2, 0.25) is 0 Å². The van der Waals surface area contributed by atoms with Gasteiger partial charge < -0.3 is 15.7 Å². The Balaban J connectivity index is 2.61. The molecule has 6 heteroatoms. The summed E-state index contributed by atoms with van der Waals surface area (Å²) in [5.74, 6) is -1.02. The zero-order valence-electron chi connectivity index (χ0n) is 9.94. The van der Waals surface area contributed by atoms with E-state index in [2.05, 4.69) is 33.2 Å². The number of carbonyl (C=O) groups excluding carboxylic acids is 1. The minimum absolute atomic E-state index is 0.411. The summed E-state index contributed by atoms with van der Waals surface area (Å²) in [6, 6.07) is 5.94. The second kappa shape index (κ2) is 7.20. The lowest BCUT2D eigenvalue weighted by atomic mass is 10.2. The largest absolute Gasteiger partial charge is 0.480 e. The van der Waals surface area contributed by atoms with E-state index >= 15 is 0 Å². The molecule has 3 N–H and O–H groups in total. The van der Waals surface area contributed by atoms with Gasteiger partial charge in [-0.05, 0) is 41.1 Å². The number of urea groups is 1. The van der Waals surface area contributed by atoms with Crippen molar-refractivity contribution in [2.75, 3.05) is 5.32 Å². The van der Waals surface area contributed by atoms with Crippen LogP contribution in [0.25, 0.3) is 0 Å². The van der Waals surface area contributed by atoms with Crippen LogP contribution >= 0.6 is 22.6 Å². The number of carboxylic acids is 1. The topological polar surface area (TPSA) is 78.4 Å². The molecule has 1 aromatic carbocycles. The predicted molar refractivity (Wildman–Crippen MR) is 77.6 cm³/mol. The molecule has 0 aliphatic carbocycles. The third-order valence-corrected chi connectivity index (χ3v) is 3.24. The van der Waals surface area contributed by atoms with Crippen molar-refractivity contribution in [3.05, 3.63) is 27.8 Å². The summed E-state index contributed by atoms with van der Waals surface area (Å²) >= 11 is 2.10. The lowest BCUT2D eigenvalue weighted by Crippen LogP contribution is -2.42. The maximum Gasteiger partial charge on any atom is 0.326 e. The Morgan fingerprint density at radius 3 is 2.61 bits per heavy atom. The number of carbonyl (C=O) groups is 2. The third-order valence-electron chi connectivity index (χ3n) is 2.30. The van der Waals surface area contributed by atoms with Crippen LogP contribution in [0.4, 0.5) is 10.5 Å². The number of benzene rings is 1. The number of hydrogen-bond donors (Lipinski definition) is 3. The Hall–Kier alpha value is -1.31. The molecule has 0 fully saturated rings. The van der Waals surface area contributed by atoms with Gasteiger partial charge in [-0.25, -0.2) is 9.59 Å². The van der Waals surface area contributed by atoms with E-state index in [0.717, 1.165) is 3.57 Å². The first-order chi connectivity index (χ1) is 8.54. The normalized spacial score (nSPS) is 11.7. The molecule has 0 heterocycles. The maximum absolute atomic E-state index is 11.7. The highest BCUT2D eigenvalue weighted by Gasteiger charge is 2.18. The van der Waals surface area contributed by atoms with Crippen LogP contribution in [-0.2, 0) is 4.79 Å². The van der Waals surface area contributed by atoms with Crippen LogP contribution in [0.1, 0.15) is 19.8 Å². The van der Waals surface area contributed by atoms with E-state index in [0.29, 0.717) is 18.5 Å². The molecule has 2 amide bonds. The Morgan fingerprint density at radius 2 is 2.06 bits per heavy atom. The minimum Gasteiger partial charge on any atom is -0.480 e. The summed E-state index contributed by atoms with van der Waals surface area (Å²) in [6.45, 7) is 1.87. The molecule has 1 unspecified atom stereocenters. The zero-order chi connectivity index (χ0) is 13.5. The van der Waals surface area contributed by atoms with Crippen LogP contribution < -0.4 is 10.6 Å². The number of anilines is 1. The number of hydrogen-bond acceptors (Lipinski definition) is 2. The average Bonchev–Trinajstić information content (AvgIpc) is 2.31. The van der Waals surface area contributed by atoms with Gasteiger partial charge in [0.1, 0.15) is 6.04 Å². The quantitative estimate of drug-likeness (QED) is 0.705. The van der Waals surface area contributed by atoms with E-state index in [9.17, 15) is 9.59 Å².